The summed E-state index contributed by atoms with van der Waals surface area (Å²) in [6.07, 6.45) is 17.0. The van der Waals surface area contributed by atoms with Crippen LogP contribution in [0, 0.1) is 29.1 Å². The van der Waals surface area contributed by atoms with Gasteiger partial charge in [-0.2, -0.15) is 0 Å². The van der Waals surface area contributed by atoms with Crippen molar-refractivity contribution >= 4 is 0 Å². The number of aliphatic hydroxyl groups excluding tert-OH is 1. The summed E-state index contributed by atoms with van der Waals surface area (Å²) in [5.74, 6) is 2.48. The molecular weight excluding hydrogens is 324 g/mol. The standard InChI is InChI=1S/C23H38O3/c1-16(18-11-12-19-20(24)6-5-14-23(18,19)2)8-13-21(17-9-10-17)26-22-7-3-4-15-25-22/h8,13,16-22,24H,3-7,9-12,14-15H2,1-2H3. The predicted molar refractivity (Wildman–Crippen MR) is 104 cm³/mol. The minimum absolute atomic E-state index is 0.0103. The number of hydrogen-bond donors (Lipinski definition) is 1. The summed E-state index contributed by atoms with van der Waals surface area (Å²) < 4.78 is 12.1. The van der Waals surface area contributed by atoms with E-state index in [1.54, 1.807) is 0 Å². The molecule has 4 aliphatic rings. The summed E-state index contributed by atoms with van der Waals surface area (Å²) in [7, 11) is 0. The molecule has 0 aromatic rings. The van der Waals surface area contributed by atoms with Crippen LogP contribution in [-0.4, -0.2) is 30.2 Å². The Balaban J connectivity index is 1.38. The SMILES string of the molecule is CC(C=CC(OC1CCCCO1)C1CC1)C1CCC2C(O)CCCC12C. The lowest BCUT2D eigenvalue weighted by Gasteiger charge is -2.44. The smallest absolute Gasteiger partial charge is 0.158 e. The highest BCUT2D eigenvalue weighted by molar-refractivity contribution is 5.07. The maximum absolute atomic E-state index is 10.5. The monoisotopic (exact) mass is 362 g/mol. The third-order valence-electron chi connectivity index (χ3n) is 7.94. The van der Waals surface area contributed by atoms with Gasteiger partial charge in [0.2, 0.25) is 0 Å². The van der Waals surface area contributed by atoms with Crippen molar-refractivity contribution in [3.63, 3.8) is 0 Å². The highest BCUT2D eigenvalue weighted by atomic mass is 16.7. The van der Waals surface area contributed by atoms with Gasteiger partial charge in [0.25, 0.3) is 0 Å². The molecule has 0 aromatic heterocycles. The lowest BCUT2D eigenvalue weighted by Crippen LogP contribution is -2.41. The second-order valence-corrected chi connectivity index (χ2v) is 9.73. The van der Waals surface area contributed by atoms with E-state index in [4.69, 9.17) is 9.47 Å². The first-order chi connectivity index (χ1) is 12.6. The quantitative estimate of drug-likeness (QED) is 0.670. The molecule has 3 heteroatoms. The zero-order valence-corrected chi connectivity index (χ0v) is 16.7. The van der Waals surface area contributed by atoms with Gasteiger partial charge in [-0.25, -0.2) is 0 Å². The molecule has 7 unspecified atom stereocenters. The number of ether oxygens (including phenoxy) is 2. The second kappa shape index (κ2) is 7.93. The lowest BCUT2D eigenvalue weighted by molar-refractivity contribution is -0.182. The van der Waals surface area contributed by atoms with Crippen molar-refractivity contribution in [1.82, 2.24) is 0 Å². The van der Waals surface area contributed by atoms with Gasteiger partial charge in [-0.15, -0.1) is 0 Å². The number of allylic oxidation sites excluding steroid dienone is 1. The highest BCUT2D eigenvalue weighted by Gasteiger charge is 2.51. The van der Waals surface area contributed by atoms with E-state index in [0.717, 1.165) is 19.4 Å². The van der Waals surface area contributed by atoms with Crippen molar-refractivity contribution in [3.8, 4) is 0 Å². The van der Waals surface area contributed by atoms with Gasteiger partial charge in [-0.1, -0.05) is 32.4 Å². The Morgan fingerprint density at radius 1 is 1.04 bits per heavy atom. The molecule has 0 spiro atoms. The highest BCUT2D eigenvalue weighted by Crippen LogP contribution is 2.57. The van der Waals surface area contributed by atoms with E-state index in [1.807, 2.05) is 0 Å². The molecular formula is C23H38O3. The number of fused-ring (bicyclic) bond motifs is 1. The van der Waals surface area contributed by atoms with E-state index < -0.39 is 0 Å². The number of rotatable bonds is 6. The molecule has 4 fully saturated rings. The minimum atomic E-state index is -0.0686. The van der Waals surface area contributed by atoms with E-state index in [2.05, 4.69) is 26.0 Å². The minimum Gasteiger partial charge on any atom is -0.393 e. The Morgan fingerprint density at radius 2 is 1.88 bits per heavy atom. The van der Waals surface area contributed by atoms with Crippen LogP contribution in [0.4, 0.5) is 0 Å². The molecule has 3 aliphatic carbocycles. The van der Waals surface area contributed by atoms with Crippen LogP contribution >= 0.6 is 0 Å². The van der Waals surface area contributed by atoms with Crippen molar-refractivity contribution in [2.75, 3.05) is 6.61 Å². The number of aliphatic hydroxyl groups is 1. The summed E-state index contributed by atoms with van der Waals surface area (Å²) in [6, 6.07) is 0. The first-order valence-corrected chi connectivity index (χ1v) is 11.2. The Kier molecular flexibility index (Phi) is 5.78. The summed E-state index contributed by atoms with van der Waals surface area (Å²) in [5, 5.41) is 10.5. The van der Waals surface area contributed by atoms with Crippen molar-refractivity contribution in [2.45, 2.75) is 96.6 Å². The van der Waals surface area contributed by atoms with Crippen molar-refractivity contribution in [1.29, 1.82) is 0 Å². The van der Waals surface area contributed by atoms with Crippen molar-refractivity contribution in [2.24, 2.45) is 29.1 Å². The summed E-state index contributed by atoms with van der Waals surface area (Å²) in [6.45, 7) is 5.69. The van der Waals surface area contributed by atoms with Crippen LogP contribution in [0.5, 0.6) is 0 Å². The van der Waals surface area contributed by atoms with E-state index in [0.29, 0.717) is 29.1 Å². The molecule has 0 radical (unpaired) electrons. The molecule has 1 saturated heterocycles. The first kappa shape index (κ1) is 19.0. The fourth-order valence-electron chi connectivity index (χ4n) is 6.20. The topological polar surface area (TPSA) is 38.7 Å². The molecule has 7 atom stereocenters. The van der Waals surface area contributed by atoms with Gasteiger partial charge in [0.15, 0.2) is 6.29 Å². The maximum atomic E-state index is 10.5. The summed E-state index contributed by atoms with van der Waals surface area (Å²) in [4.78, 5) is 0. The molecule has 0 amide bonds. The fourth-order valence-corrected chi connectivity index (χ4v) is 6.20. The van der Waals surface area contributed by atoms with Crippen LogP contribution in [0.3, 0.4) is 0 Å². The Morgan fingerprint density at radius 3 is 2.62 bits per heavy atom. The van der Waals surface area contributed by atoms with E-state index >= 15 is 0 Å². The van der Waals surface area contributed by atoms with Gasteiger partial charge >= 0.3 is 0 Å². The van der Waals surface area contributed by atoms with Gasteiger partial charge in [0.05, 0.1) is 12.2 Å². The van der Waals surface area contributed by atoms with Gasteiger partial charge in [-0.05, 0) is 86.9 Å². The molecule has 1 N–H and O–H groups in total. The van der Waals surface area contributed by atoms with Crippen molar-refractivity contribution < 1.29 is 14.6 Å². The van der Waals surface area contributed by atoms with Gasteiger partial charge < -0.3 is 14.6 Å². The normalized spacial score (nSPS) is 43.3. The van der Waals surface area contributed by atoms with Gasteiger partial charge in [-0.3, -0.25) is 0 Å². The van der Waals surface area contributed by atoms with Crippen LogP contribution in [-0.2, 0) is 9.47 Å². The molecule has 3 saturated carbocycles. The molecule has 4 rings (SSSR count). The summed E-state index contributed by atoms with van der Waals surface area (Å²) >= 11 is 0. The van der Waals surface area contributed by atoms with Crippen LogP contribution in [0.25, 0.3) is 0 Å². The van der Waals surface area contributed by atoms with Crippen LogP contribution in [0.1, 0.15) is 78.1 Å². The first-order valence-electron chi connectivity index (χ1n) is 11.2. The lowest BCUT2D eigenvalue weighted by atomic mass is 9.62. The van der Waals surface area contributed by atoms with Crippen LogP contribution in [0.15, 0.2) is 12.2 Å². The fraction of sp³-hybridized carbons (Fsp3) is 0.913. The number of hydrogen-bond acceptors (Lipinski definition) is 3. The van der Waals surface area contributed by atoms with E-state index in [9.17, 15) is 5.11 Å². The third kappa shape index (κ3) is 3.91. The van der Waals surface area contributed by atoms with Gasteiger partial charge in [0.1, 0.15) is 0 Å². The molecule has 1 aliphatic heterocycles. The van der Waals surface area contributed by atoms with E-state index in [1.165, 1.54) is 51.4 Å². The predicted octanol–water partition coefficient (Wildman–Crippen LogP) is 5.08. The molecule has 3 nitrogen and oxygen atoms in total. The second-order valence-electron chi connectivity index (χ2n) is 9.73. The average molecular weight is 363 g/mol. The third-order valence-corrected chi connectivity index (χ3v) is 7.94. The van der Waals surface area contributed by atoms with Crippen LogP contribution in [0.2, 0.25) is 0 Å². The largest absolute Gasteiger partial charge is 0.393 e. The molecule has 0 aromatic carbocycles. The zero-order valence-electron chi connectivity index (χ0n) is 16.7. The Bertz CT molecular complexity index is 494. The Labute approximate surface area is 159 Å². The molecule has 148 valence electrons. The Hall–Kier alpha value is -0.380. The maximum Gasteiger partial charge on any atom is 0.158 e. The molecule has 26 heavy (non-hydrogen) atoms. The molecule has 1 heterocycles. The van der Waals surface area contributed by atoms with Crippen LogP contribution < -0.4 is 0 Å². The summed E-state index contributed by atoms with van der Waals surface area (Å²) in [5.41, 5.74) is 0.323. The van der Waals surface area contributed by atoms with Gasteiger partial charge in [0, 0.05) is 6.61 Å². The molecule has 0 bridgehead atoms. The average Bonchev–Trinajstić information content (AvgIpc) is 3.41. The zero-order chi connectivity index (χ0) is 18.1. The van der Waals surface area contributed by atoms with Crippen molar-refractivity contribution in [3.05, 3.63) is 12.2 Å². The van der Waals surface area contributed by atoms with E-state index in [-0.39, 0.29) is 18.5 Å².